The predicted octanol–water partition coefficient (Wildman–Crippen LogP) is 4.13. The molecule has 0 aliphatic carbocycles. The minimum Gasteiger partial charge on any atom is -0.376 e. The van der Waals surface area contributed by atoms with Gasteiger partial charge < -0.3 is 10.1 Å². The Morgan fingerprint density at radius 3 is 2.40 bits per heavy atom. The summed E-state index contributed by atoms with van der Waals surface area (Å²) in [5.74, 6) is 1.35. The van der Waals surface area contributed by atoms with Gasteiger partial charge in [0.2, 0.25) is 0 Å². The molecule has 25 heavy (non-hydrogen) atoms. The second-order valence-electron chi connectivity index (χ2n) is 7.93. The van der Waals surface area contributed by atoms with Gasteiger partial charge in [0.05, 0.1) is 12.1 Å². The minimum atomic E-state index is 0.0176. The third-order valence-electron chi connectivity index (χ3n) is 5.44. The van der Waals surface area contributed by atoms with Crippen LogP contribution < -0.4 is 5.32 Å². The summed E-state index contributed by atoms with van der Waals surface area (Å²) in [6, 6.07) is 21.9. The van der Waals surface area contributed by atoms with E-state index in [1.807, 2.05) is 0 Å². The first-order valence-corrected chi connectivity index (χ1v) is 9.68. The Bertz CT molecular complexity index is 623. The minimum absolute atomic E-state index is 0.0176. The van der Waals surface area contributed by atoms with Crippen LogP contribution in [0.2, 0.25) is 0 Å². The summed E-state index contributed by atoms with van der Waals surface area (Å²) >= 11 is 0. The molecule has 1 heterocycles. The first-order valence-electron chi connectivity index (χ1n) is 9.68. The molecule has 1 fully saturated rings. The maximum atomic E-state index is 5.96. The number of quaternary nitrogens is 1. The van der Waals surface area contributed by atoms with E-state index in [2.05, 4.69) is 79.8 Å². The highest BCUT2D eigenvalue weighted by Crippen LogP contribution is 2.39. The van der Waals surface area contributed by atoms with Crippen LogP contribution in [0.25, 0.3) is 0 Å². The monoisotopic (exact) mass is 338 g/mol. The molecule has 1 aliphatic heterocycles. The van der Waals surface area contributed by atoms with Crippen molar-refractivity contribution in [2.75, 3.05) is 13.2 Å². The molecular weight excluding hydrogens is 306 g/mol. The van der Waals surface area contributed by atoms with E-state index in [1.54, 1.807) is 0 Å². The Balaban J connectivity index is 1.61. The molecule has 2 atom stereocenters. The number of benzene rings is 2. The summed E-state index contributed by atoms with van der Waals surface area (Å²) in [5.41, 5.74) is 2.92. The van der Waals surface area contributed by atoms with Crippen LogP contribution in [0.4, 0.5) is 0 Å². The van der Waals surface area contributed by atoms with E-state index in [-0.39, 0.29) is 5.60 Å². The zero-order valence-electron chi connectivity index (χ0n) is 15.7. The Kier molecular flexibility index (Phi) is 6.28. The number of hydrogen-bond acceptors (Lipinski definition) is 1. The Labute approximate surface area is 152 Å². The third kappa shape index (κ3) is 5.42. The highest BCUT2D eigenvalue weighted by molar-refractivity contribution is 5.21. The van der Waals surface area contributed by atoms with Crippen molar-refractivity contribution >= 4 is 0 Å². The van der Waals surface area contributed by atoms with Crippen molar-refractivity contribution in [2.24, 2.45) is 5.92 Å². The maximum Gasteiger partial charge on any atom is 0.101 e. The second kappa shape index (κ2) is 8.64. The lowest BCUT2D eigenvalue weighted by molar-refractivity contribution is -0.671. The summed E-state index contributed by atoms with van der Waals surface area (Å²) in [5, 5.41) is 2.45. The van der Waals surface area contributed by atoms with E-state index < -0.39 is 0 Å². The molecule has 2 N–H and O–H groups in total. The predicted molar refractivity (Wildman–Crippen MR) is 103 cm³/mol. The van der Waals surface area contributed by atoms with Crippen molar-refractivity contribution in [3.63, 3.8) is 0 Å². The normalized spacial score (nSPS) is 21.0. The number of nitrogens with two attached hydrogens (primary N) is 1. The zero-order chi connectivity index (χ0) is 17.5. The Morgan fingerprint density at radius 2 is 1.72 bits per heavy atom. The van der Waals surface area contributed by atoms with Crippen LogP contribution in [0.5, 0.6) is 0 Å². The molecule has 0 spiro atoms. The van der Waals surface area contributed by atoms with Gasteiger partial charge >= 0.3 is 0 Å². The van der Waals surface area contributed by atoms with E-state index in [1.165, 1.54) is 30.5 Å². The van der Waals surface area contributed by atoms with Gasteiger partial charge in [-0.25, -0.2) is 0 Å². The molecular formula is C23H32NO+. The molecule has 1 aliphatic rings. The quantitative estimate of drug-likeness (QED) is 0.755. The molecule has 2 nitrogen and oxygen atoms in total. The molecule has 134 valence electrons. The van der Waals surface area contributed by atoms with Gasteiger partial charge in [-0.2, -0.15) is 0 Å². The van der Waals surface area contributed by atoms with E-state index >= 15 is 0 Å². The highest BCUT2D eigenvalue weighted by Gasteiger charge is 2.34. The summed E-state index contributed by atoms with van der Waals surface area (Å²) in [6.07, 6.45) is 3.57. The van der Waals surface area contributed by atoms with Crippen molar-refractivity contribution in [3.8, 4) is 0 Å². The van der Waals surface area contributed by atoms with Crippen LogP contribution in [0.3, 0.4) is 0 Å². The lowest BCUT2D eigenvalue weighted by Gasteiger charge is -2.39. The lowest BCUT2D eigenvalue weighted by atomic mass is 9.75. The highest BCUT2D eigenvalue weighted by atomic mass is 16.5. The van der Waals surface area contributed by atoms with Crippen molar-refractivity contribution in [1.29, 1.82) is 0 Å². The zero-order valence-corrected chi connectivity index (χ0v) is 15.7. The van der Waals surface area contributed by atoms with Crippen molar-refractivity contribution in [1.82, 2.24) is 0 Å². The van der Waals surface area contributed by atoms with Crippen molar-refractivity contribution < 1.29 is 10.1 Å². The molecule has 2 aromatic rings. The summed E-state index contributed by atoms with van der Waals surface area (Å²) in [7, 11) is 0. The van der Waals surface area contributed by atoms with Gasteiger partial charge in [-0.1, -0.05) is 60.7 Å². The molecule has 0 aromatic heterocycles. The average Bonchev–Trinajstić information content (AvgIpc) is 2.62. The van der Waals surface area contributed by atoms with Crippen LogP contribution in [-0.4, -0.2) is 18.8 Å². The molecule has 1 saturated heterocycles. The fourth-order valence-electron chi connectivity index (χ4n) is 4.18. The number of rotatable bonds is 7. The molecule has 2 aromatic carbocycles. The fraction of sp³-hybridized carbons (Fsp3) is 0.478. The smallest absolute Gasteiger partial charge is 0.101 e. The van der Waals surface area contributed by atoms with Gasteiger partial charge in [-0.3, -0.25) is 0 Å². The van der Waals surface area contributed by atoms with Crippen LogP contribution >= 0.6 is 0 Å². The number of hydrogen-bond donors (Lipinski definition) is 1. The van der Waals surface area contributed by atoms with Crippen LogP contribution in [-0.2, 0) is 11.3 Å². The van der Waals surface area contributed by atoms with Crippen molar-refractivity contribution in [2.45, 2.75) is 51.2 Å². The first-order chi connectivity index (χ1) is 12.1. The molecule has 0 saturated carbocycles. The van der Waals surface area contributed by atoms with Gasteiger partial charge in [0.1, 0.15) is 6.54 Å². The summed E-state index contributed by atoms with van der Waals surface area (Å²) in [6.45, 7) is 7.62. The maximum absolute atomic E-state index is 5.96. The molecule has 0 amide bonds. The number of ether oxygens (including phenoxy) is 1. The fourth-order valence-corrected chi connectivity index (χ4v) is 4.18. The molecule has 0 unspecified atom stereocenters. The summed E-state index contributed by atoms with van der Waals surface area (Å²) in [4.78, 5) is 0. The van der Waals surface area contributed by atoms with E-state index in [9.17, 15) is 0 Å². The molecule has 0 bridgehead atoms. The molecule has 2 heteroatoms. The average molecular weight is 339 g/mol. The largest absolute Gasteiger partial charge is 0.376 e. The van der Waals surface area contributed by atoms with Gasteiger partial charge in [-0.05, 0) is 44.1 Å². The van der Waals surface area contributed by atoms with Gasteiger partial charge in [-0.15, -0.1) is 0 Å². The summed E-state index contributed by atoms with van der Waals surface area (Å²) < 4.78 is 5.96. The van der Waals surface area contributed by atoms with Gasteiger partial charge in [0, 0.05) is 18.6 Å². The standard InChI is InChI=1S/C23H31NO/c1-23(2)17-21(14-16-25-23)22(20-11-7-4-8-12-20)13-15-24-18-19-9-5-3-6-10-19/h3-12,21-22,24H,13-18H2,1-2H3/p+1/t21-,22-/m1/s1. The second-order valence-corrected chi connectivity index (χ2v) is 7.93. The van der Waals surface area contributed by atoms with Crippen LogP contribution in [0.15, 0.2) is 60.7 Å². The molecule has 0 radical (unpaired) electrons. The first kappa shape index (κ1) is 18.2. The lowest BCUT2D eigenvalue weighted by Crippen LogP contribution is -2.82. The van der Waals surface area contributed by atoms with E-state index in [0.717, 1.165) is 25.5 Å². The SMILES string of the molecule is CC1(C)C[C@H]([C@H](CC[NH2+]Cc2ccccc2)c2ccccc2)CCO1. The van der Waals surface area contributed by atoms with E-state index in [0.29, 0.717) is 5.92 Å². The van der Waals surface area contributed by atoms with Crippen LogP contribution in [0.1, 0.15) is 50.2 Å². The Morgan fingerprint density at radius 1 is 1.04 bits per heavy atom. The topological polar surface area (TPSA) is 25.8 Å². The Hall–Kier alpha value is -1.64. The van der Waals surface area contributed by atoms with Gasteiger partial charge in [0.15, 0.2) is 0 Å². The van der Waals surface area contributed by atoms with Gasteiger partial charge in [0.25, 0.3) is 0 Å². The van der Waals surface area contributed by atoms with Crippen molar-refractivity contribution in [3.05, 3.63) is 71.8 Å². The third-order valence-corrected chi connectivity index (χ3v) is 5.44. The molecule has 3 rings (SSSR count). The van der Waals surface area contributed by atoms with Crippen LogP contribution in [0, 0.1) is 5.92 Å². The van der Waals surface area contributed by atoms with E-state index in [4.69, 9.17) is 4.74 Å².